The van der Waals surface area contributed by atoms with Gasteiger partial charge in [-0.15, -0.1) is 5.10 Å². The molecule has 2 aliphatic rings. The molecule has 0 bridgehead atoms. The summed E-state index contributed by atoms with van der Waals surface area (Å²) in [7, 11) is 0. The normalized spacial score (nSPS) is 22.6. The van der Waals surface area contributed by atoms with Gasteiger partial charge in [0.1, 0.15) is 11.3 Å². The molecule has 1 fully saturated rings. The molecule has 0 spiro atoms. The molecule has 4 rings (SSSR count). The summed E-state index contributed by atoms with van der Waals surface area (Å²) in [6, 6.07) is 14.0. The Labute approximate surface area is 201 Å². The van der Waals surface area contributed by atoms with Crippen molar-refractivity contribution >= 4 is 23.3 Å². The Hall–Kier alpha value is -3.29. The number of benzene rings is 1. The minimum absolute atomic E-state index is 0.0589. The van der Waals surface area contributed by atoms with Gasteiger partial charge in [0.15, 0.2) is 5.82 Å². The van der Waals surface area contributed by atoms with Crippen molar-refractivity contribution in [2.45, 2.75) is 58.9 Å². The fourth-order valence-electron chi connectivity index (χ4n) is 5.20. The zero-order valence-corrected chi connectivity index (χ0v) is 20.4. The Morgan fingerprint density at radius 2 is 1.94 bits per heavy atom. The summed E-state index contributed by atoms with van der Waals surface area (Å²) in [5.74, 6) is 1.74. The molecule has 2 aromatic rings. The van der Waals surface area contributed by atoms with E-state index in [1.807, 2.05) is 18.0 Å². The SMILES string of the molecule is CC(=N)n1nc(N2N=C(C)C(CCC(=O)N3CCCC(Cc4ccccc4)C3)C2C)ccc1=N. The summed E-state index contributed by atoms with van der Waals surface area (Å²) < 4.78 is 1.30. The van der Waals surface area contributed by atoms with Gasteiger partial charge < -0.3 is 4.90 Å². The van der Waals surface area contributed by atoms with Crippen molar-refractivity contribution in [3.63, 3.8) is 0 Å². The van der Waals surface area contributed by atoms with Crippen LogP contribution in [0.1, 0.15) is 52.0 Å². The molecule has 3 atom stereocenters. The Kier molecular flexibility index (Phi) is 7.24. The third-order valence-electron chi connectivity index (χ3n) is 7.05. The lowest BCUT2D eigenvalue weighted by molar-refractivity contribution is -0.133. The molecule has 3 unspecified atom stereocenters. The summed E-state index contributed by atoms with van der Waals surface area (Å²) in [4.78, 5) is 15.1. The van der Waals surface area contributed by atoms with Gasteiger partial charge >= 0.3 is 0 Å². The van der Waals surface area contributed by atoms with Crippen LogP contribution in [0.15, 0.2) is 47.6 Å². The zero-order chi connectivity index (χ0) is 24.2. The maximum absolute atomic E-state index is 13.1. The van der Waals surface area contributed by atoms with Crippen LogP contribution in [0.4, 0.5) is 5.82 Å². The number of carbonyl (C=O) groups is 1. The Balaban J connectivity index is 1.35. The lowest BCUT2D eigenvalue weighted by Gasteiger charge is -2.33. The van der Waals surface area contributed by atoms with E-state index in [2.05, 4.69) is 41.2 Å². The molecule has 2 N–H and O–H groups in total. The van der Waals surface area contributed by atoms with E-state index in [-0.39, 0.29) is 29.2 Å². The van der Waals surface area contributed by atoms with Crippen LogP contribution in [-0.4, -0.2) is 51.3 Å². The molecule has 1 saturated heterocycles. The standard InChI is InChI=1S/C26H35N7O/c1-18-23(19(2)32(29-18)25-13-12-24(28)33(30-25)20(3)27)11-14-26(34)31-15-7-10-22(17-31)16-21-8-5-4-6-9-21/h4-6,8-9,12-13,19,22-23,27-28H,7,10-11,14-17H2,1-3H3. The molecular weight excluding hydrogens is 426 g/mol. The van der Waals surface area contributed by atoms with Crippen LogP contribution in [0.2, 0.25) is 0 Å². The van der Waals surface area contributed by atoms with E-state index < -0.39 is 0 Å². The second-order valence-corrected chi connectivity index (χ2v) is 9.58. The average molecular weight is 462 g/mol. The number of amides is 1. The van der Waals surface area contributed by atoms with Crippen molar-refractivity contribution < 1.29 is 4.79 Å². The van der Waals surface area contributed by atoms with E-state index >= 15 is 0 Å². The number of anilines is 1. The van der Waals surface area contributed by atoms with Crippen LogP contribution >= 0.6 is 0 Å². The molecule has 2 aliphatic heterocycles. The minimum Gasteiger partial charge on any atom is -0.342 e. The Bertz CT molecular complexity index is 1120. The first-order valence-electron chi connectivity index (χ1n) is 12.2. The maximum atomic E-state index is 13.1. The summed E-state index contributed by atoms with van der Waals surface area (Å²) in [5, 5.41) is 26.8. The highest BCUT2D eigenvalue weighted by atomic mass is 16.2. The quantitative estimate of drug-likeness (QED) is 0.507. The van der Waals surface area contributed by atoms with Crippen molar-refractivity contribution in [3.05, 3.63) is 53.5 Å². The van der Waals surface area contributed by atoms with E-state index in [9.17, 15) is 4.79 Å². The van der Waals surface area contributed by atoms with Crippen LogP contribution in [0, 0.1) is 22.7 Å². The lowest BCUT2D eigenvalue weighted by Crippen LogP contribution is -2.41. The lowest BCUT2D eigenvalue weighted by atomic mass is 9.90. The fourth-order valence-corrected chi connectivity index (χ4v) is 5.20. The van der Waals surface area contributed by atoms with E-state index in [4.69, 9.17) is 15.9 Å². The van der Waals surface area contributed by atoms with Gasteiger partial charge in [0, 0.05) is 31.1 Å². The molecular formula is C26H35N7O. The highest BCUT2D eigenvalue weighted by Gasteiger charge is 2.34. The predicted molar refractivity (Wildman–Crippen MR) is 134 cm³/mol. The predicted octanol–water partition coefficient (Wildman–Crippen LogP) is 3.67. The van der Waals surface area contributed by atoms with Crippen molar-refractivity contribution in [3.8, 4) is 0 Å². The van der Waals surface area contributed by atoms with E-state index in [1.165, 1.54) is 16.7 Å². The molecule has 1 aromatic heterocycles. The van der Waals surface area contributed by atoms with Crippen LogP contribution in [0.3, 0.4) is 0 Å². The van der Waals surface area contributed by atoms with Crippen LogP contribution in [-0.2, 0) is 11.2 Å². The second-order valence-electron chi connectivity index (χ2n) is 9.58. The summed E-state index contributed by atoms with van der Waals surface area (Å²) in [5.41, 5.74) is 2.51. The van der Waals surface area contributed by atoms with Crippen molar-refractivity contribution in [1.82, 2.24) is 14.7 Å². The molecule has 8 nitrogen and oxygen atoms in total. The summed E-state index contributed by atoms with van der Waals surface area (Å²) in [6.07, 6.45) is 4.56. The monoisotopic (exact) mass is 461 g/mol. The van der Waals surface area contributed by atoms with Crippen molar-refractivity contribution in [1.29, 1.82) is 10.8 Å². The molecule has 180 valence electrons. The molecule has 8 heteroatoms. The van der Waals surface area contributed by atoms with E-state index in [1.54, 1.807) is 19.1 Å². The van der Waals surface area contributed by atoms with Crippen LogP contribution < -0.4 is 10.5 Å². The van der Waals surface area contributed by atoms with Crippen LogP contribution in [0.5, 0.6) is 0 Å². The number of rotatable bonds is 6. The van der Waals surface area contributed by atoms with E-state index in [0.29, 0.717) is 18.2 Å². The van der Waals surface area contributed by atoms with Gasteiger partial charge in [-0.25, -0.2) is 9.69 Å². The molecule has 34 heavy (non-hydrogen) atoms. The molecule has 0 radical (unpaired) electrons. The molecule has 0 saturated carbocycles. The molecule has 0 aliphatic carbocycles. The molecule has 1 aromatic carbocycles. The number of carbonyl (C=O) groups excluding carboxylic acids is 1. The Morgan fingerprint density at radius 3 is 2.68 bits per heavy atom. The van der Waals surface area contributed by atoms with Crippen LogP contribution in [0.25, 0.3) is 0 Å². The second kappa shape index (κ2) is 10.3. The van der Waals surface area contributed by atoms with Gasteiger partial charge in [-0.05, 0) is 70.1 Å². The first kappa shape index (κ1) is 23.9. The average Bonchev–Trinajstić information content (AvgIpc) is 3.11. The van der Waals surface area contributed by atoms with Gasteiger partial charge in [0.2, 0.25) is 5.91 Å². The first-order chi connectivity index (χ1) is 16.3. The number of piperidine rings is 1. The van der Waals surface area contributed by atoms with Gasteiger partial charge in [-0.2, -0.15) is 5.10 Å². The first-order valence-corrected chi connectivity index (χ1v) is 12.2. The highest BCUT2D eigenvalue weighted by molar-refractivity contribution is 5.89. The van der Waals surface area contributed by atoms with Crippen molar-refractivity contribution in [2.75, 3.05) is 18.1 Å². The smallest absolute Gasteiger partial charge is 0.222 e. The number of hydrazone groups is 1. The van der Waals surface area contributed by atoms with Gasteiger partial charge in [0.25, 0.3) is 0 Å². The van der Waals surface area contributed by atoms with Gasteiger partial charge in [-0.3, -0.25) is 15.6 Å². The van der Waals surface area contributed by atoms with Crippen molar-refractivity contribution in [2.24, 2.45) is 16.9 Å². The summed E-state index contributed by atoms with van der Waals surface area (Å²) in [6.45, 7) is 7.42. The van der Waals surface area contributed by atoms with E-state index in [0.717, 1.165) is 38.1 Å². The third kappa shape index (κ3) is 5.26. The number of likely N-dealkylation sites (tertiary alicyclic amines) is 1. The largest absolute Gasteiger partial charge is 0.342 e. The number of nitrogens with one attached hydrogen (secondary N) is 2. The Morgan fingerprint density at radius 1 is 1.18 bits per heavy atom. The number of aromatic nitrogens is 2. The minimum atomic E-state index is 0.0589. The third-order valence-corrected chi connectivity index (χ3v) is 7.05. The van der Waals surface area contributed by atoms with Gasteiger partial charge in [0.05, 0.1) is 6.04 Å². The maximum Gasteiger partial charge on any atom is 0.222 e. The van der Waals surface area contributed by atoms with Gasteiger partial charge in [-0.1, -0.05) is 30.3 Å². The molecule has 1 amide bonds. The zero-order valence-electron chi connectivity index (χ0n) is 20.4. The number of hydrogen-bond acceptors (Lipinski definition) is 6. The topological polar surface area (TPSA) is 101 Å². The fraction of sp³-hybridized carbons (Fsp3) is 0.500. The molecule has 3 heterocycles. The number of hydrogen-bond donors (Lipinski definition) is 2. The summed E-state index contributed by atoms with van der Waals surface area (Å²) >= 11 is 0. The number of nitrogens with zero attached hydrogens (tertiary/aromatic N) is 5. The highest BCUT2D eigenvalue weighted by Crippen LogP contribution is 2.30.